The summed E-state index contributed by atoms with van der Waals surface area (Å²) in [6, 6.07) is 4.32. The summed E-state index contributed by atoms with van der Waals surface area (Å²) in [5, 5.41) is 11.8. The molecule has 2 amide bonds. The van der Waals surface area contributed by atoms with Crippen LogP contribution in [0, 0.1) is 5.82 Å². The molecule has 0 saturated carbocycles. The zero-order valence-electron chi connectivity index (χ0n) is 16.9. The number of amides is 2. The average Bonchev–Trinajstić information content (AvgIpc) is 2.71. The van der Waals surface area contributed by atoms with Crippen molar-refractivity contribution in [3.63, 3.8) is 0 Å². The highest BCUT2D eigenvalue weighted by atomic mass is 19.1. The monoisotopic (exact) mass is 405 g/mol. The van der Waals surface area contributed by atoms with Crippen LogP contribution in [0.5, 0.6) is 0 Å². The van der Waals surface area contributed by atoms with E-state index in [2.05, 4.69) is 26.2 Å². The van der Waals surface area contributed by atoms with Crippen LogP contribution in [-0.4, -0.2) is 62.0 Å². The van der Waals surface area contributed by atoms with Crippen LogP contribution in [0.4, 0.5) is 15.8 Å². The van der Waals surface area contributed by atoms with Gasteiger partial charge in [-0.1, -0.05) is 12.8 Å². The molecule has 160 valence electrons. The topological polar surface area (TPSA) is 85.5 Å². The molecule has 0 radical (unpaired) electrons. The molecule has 0 aliphatic carbocycles. The van der Waals surface area contributed by atoms with Crippen molar-refractivity contribution in [1.29, 1.82) is 0 Å². The molecule has 2 fully saturated rings. The molecule has 1 unspecified atom stereocenters. The Labute approximate surface area is 171 Å². The molecule has 3 rings (SSSR count). The lowest BCUT2D eigenvalue weighted by Gasteiger charge is -2.27. The van der Waals surface area contributed by atoms with Gasteiger partial charge >= 0.3 is 0 Å². The van der Waals surface area contributed by atoms with Crippen LogP contribution in [-0.2, 0) is 9.59 Å². The quantitative estimate of drug-likeness (QED) is 0.352. The van der Waals surface area contributed by atoms with Gasteiger partial charge in [0.05, 0.1) is 5.69 Å². The molecule has 1 aromatic rings. The maximum Gasteiger partial charge on any atom is 0.249 e. The van der Waals surface area contributed by atoms with Gasteiger partial charge in [0.25, 0.3) is 0 Å². The molecule has 0 bridgehead atoms. The van der Waals surface area contributed by atoms with Crippen molar-refractivity contribution in [2.75, 3.05) is 49.9 Å². The van der Waals surface area contributed by atoms with E-state index in [0.29, 0.717) is 24.2 Å². The van der Waals surface area contributed by atoms with E-state index in [4.69, 9.17) is 0 Å². The predicted molar refractivity (Wildman–Crippen MR) is 112 cm³/mol. The minimum absolute atomic E-state index is 0.262. The molecule has 2 heterocycles. The van der Waals surface area contributed by atoms with Crippen molar-refractivity contribution in [2.45, 2.75) is 44.6 Å². The van der Waals surface area contributed by atoms with Crippen LogP contribution in [0.2, 0.25) is 0 Å². The number of carbonyl (C=O) groups is 2. The van der Waals surface area contributed by atoms with E-state index in [-0.39, 0.29) is 17.6 Å². The smallest absolute Gasteiger partial charge is 0.249 e. The van der Waals surface area contributed by atoms with E-state index in [1.54, 1.807) is 12.1 Å². The van der Waals surface area contributed by atoms with E-state index in [9.17, 15) is 14.0 Å². The fraction of sp³-hybridized carbons (Fsp3) is 0.619. The predicted octanol–water partition coefficient (Wildman–Crippen LogP) is 1.92. The normalized spacial score (nSPS) is 20.4. The summed E-state index contributed by atoms with van der Waals surface area (Å²) in [7, 11) is 0. The lowest BCUT2D eigenvalue weighted by atomic mass is 10.1. The van der Waals surface area contributed by atoms with Crippen molar-refractivity contribution in [2.24, 2.45) is 0 Å². The summed E-state index contributed by atoms with van der Waals surface area (Å²) >= 11 is 0. The second kappa shape index (κ2) is 11.1. The van der Waals surface area contributed by atoms with Gasteiger partial charge in [-0.05, 0) is 44.0 Å². The highest BCUT2D eigenvalue weighted by Crippen LogP contribution is 2.21. The number of benzene rings is 1. The molecule has 2 aliphatic heterocycles. The molecule has 29 heavy (non-hydrogen) atoms. The van der Waals surface area contributed by atoms with Crippen LogP contribution >= 0.6 is 0 Å². The Balaban J connectivity index is 1.32. The Morgan fingerprint density at radius 3 is 2.66 bits per heavy atom. The third-order valence-corrected chi connectivity index (χ3v) is 5.48. The maximum atomic E-state index is 14.3. The van der Waals surface area contributed by atoms with Gasteiger partial charge in [0.2, 0.25) is 11.8 Å². The van der Waals surface area contributed by atoms with E-state index < -0.39 is 6.04 Å². The second-order valence-electron chi connectivity index (χ2n) is 7.78. The minimum atomic E-state index is -0.507. The summed E-state index contributed by atoms with van der Waals surface area (Å²) in [5.41, 5.74) is 1.01. The summed E-state index contributed by atoms with van der Waals surface area (Å²) in [5.74, 6) is -0.968. The molecule has 2 aliphatic rings. The minimum Gasteiger partial charge on any atom is -0.383 e. The molecular weight excluding hydrogens is 373 g/mol. The number of unbranched alkanes of at least 4 members (excludes halogenated alkanes) is 3. The molecule has 2 saturated heterocycles. The molecule has 7 nitrogen and oxygen atoms in total. The van der Waals surface area contributed by atoms with E-state index in [0.717, 1.165) is 45.6 Å². The number of piperazine rings is 1. The summed E-state index contributed by atoms with van der Waals surface area (Å²) in [6.07, 6.45) is 5.27. The maximum absolute atomic E-state index is 14.3. The zero-order chi connectivity index (χ0) is 20.5. The summed E-state index contributed by atoms with van der Waals surface area (Å²) in [6.45, 7) is 6.40. The largest absolute Gasteiger partial charge is 0.383 e. The van der Waals surface area contributed by atoms with Gasteiger partial charge in [0.15, 0.2) is 0 Å². The van der Waals surface area contributed by atoms with E-state index in [1.165, 1.54) is 25.5 Å². The number of carbonyl (C=O) groups excluding carboxylic acids is 2. The lowest BCUT2D eigenvalue weighted by Crippen LogP contribution is -2.47. The average molecular weight is 406 g/mol. The Bertz CT molecular complexity index is 694. The Morgan fingerprint density at radius 2 is 1.90 bits per heavy atom. The van der Waals surface area contributed by atoms with Gasteiger partial charge in [0, 0.05) is 44.8 Å². The number of anilines is 2. The molecule has 0 aromatic heterocycles. The lowest BCUT2D eigenvalue weighted by molar-refractivity contribution is -0.133. The van der Waals surface area contributed by atoms with Gasteiger partial charge in [-0.2, -0.15) is 0 Å². The SMILES string of the molecule is O=C1CCC(Nc2ccc(NCCCCCCN3CCNCC3)c(F)c2)C(=O)N1. The Hall–Kier alpha value is -2.19. The molecule has 8 heteroatoms. The fourth-order valence-electron chi connectivity index (χ4n) is 3.75. The number of nitrogens with one attached hydrogen (secondary N) is 4. The van der Waals surface area contributed by atoms with Crippen molar-refractivity contribution < 1.29 is 14.0 Å². The third-order valence-electron chi connectivity index (χ3n) is 5.48. The number of imide groups is 1. The Morgan fingerprint density at radius 1 is 1.10 bits per heavy atom. The van der Waals surface area contributed by atoms with Crippen LogP contribution in [0.1, 0.15) is 38.5 Å². The first-order valence-electron chi connectivity index (χ1n) is 10.7. The molecule has 0 spiro atoms. The van der Waals surface area contributed by atoms with Crippen LogP contribution in [0.25, 0.3) is 0 Å². The molecule has 1 atom stereocenters. The van der Waals surface area contributed by atoms with E-state index in [1.807, 2.05) is 0 Å². The standard InChI is InChI=1S/C21H32FN5O2/c22-17-15-16(25-19-7-8-20(28)26-21(19)29)5-6-18(17)24-9-3-1-2-4-12-27-13-10-23-11-14-27/h5-6,15,19,23-25H,1-4,7-14H2,(H,26,28,29). The van der Waals surface area contributed by atoms with Gasteiger partial charge in [-0.3, -0.25) is 14.9 Å². The third kappa shape index (κ3) is 6.97. The first kappa shape index (κ1) is 21.5. The molecular formula is C21H32FN5O2. The Kier molecular flexibility index (Phi) is 8.25. The number of piperidine rings is 1. The molecule has 4 N–H and O–H groups in total. The van der Waals surface area contributed by atoms with Crippen LogP contribution in [0.3, 0.4) is 0 Å². The van der Waals surface area contributed by atoms with Crippen molar-refractivity contribution >= 4 is 23.2 Å². The van der Waals surface area contributed by atoms with Gasteiger partial charge in [0.1, 0.15) is 11.9 Å². The first-order valence-corrected chi connectivity index (χ1v) is 10.7. The van der Waals surface area contributed by atoms with Crippen LogP contribution in [0.15, 0.2) is 18.2 Å². The number of nitrogens with zero attached hydrogens (tertiary/aromatic N) is 1. The molecule has 1 aromatic carbocycles. The second-order valence-corrected chi connectivity index (χ2v) is 7.78. The van der Waals surface area contributed by atoms with E-state index >= 15 is 0 Å². The van der Waals surface area contributed by atoms with Gasteiger partial charge < -0.3 is 20.9 Å². The number of rotatable bonds is 10. The zero-order valence-corrected chi connectivity index (χ0v) is 16.9. The van der Waals surface area contributed by atoms with Crippen molar-refractivity contribution in [3.05, 3.63) is 24.0 Å². The fourth-order valence-corrected chi connectivity index (χ4v) is 3.75. The number of halogens is 1. The highest BCUT2D eigenvalue weighted by Gasteiger charge is 2.26. The number of hydrogen-bond acceptors (Lipinski definition) is 6. The first-order chi connectivity index (χ1) is 14.1. The summed E-state index contributed by atoms with van der Waals surface area (Å²) < 4.78 is 14.3. The van der Waals surface area contributed by atoms with Crippen LogP contribution < -0.4 is 21.3 Å². The highest BCUT2D eigenvalue weighted by molar-refractivity contribution is 6.01. The van der Waals surface area contributed by atoms with Gasteiger partial charge in [-0.15, -0.1) is 0 Å². The number of hydrogen-bond donors (Lipinski definition) is 4. The van der Waals surface area contributed by atoms with Crippen molar-refractivity contribution in [1.82, 2.24) is 15.5 Å². The summed E-state index contributed by atoms with van der Waals surface area (Å²) in [4.78, 5) is 25.5. The van der Waals surface area contributed by atoms with Gasteiger partial charge in [-0.25, -0.2) is 4.39 Å². The van der Waals surface area contributed by atoms with Crippen molar-refractivity contribution in [3.8, 4) is 0 Å².